The third-order valence-corrected chi connectivity index (χ3v) is 9.80. The molecule has 0 N–H and O–H groups in total. The van der Waals surface area contributed by atoms with Crippen molar-refractivity contribution in [3.8, 4) is 0 Å². The number of unbranched alkanes of at least 4 members (excludes halogenated alkanes) is 6. The molecule has 0 aliphatic carbocycles. The maximum Gasteiger partial charge on any atom is 0.186 e. The molecule has 0 aromatic rings. The first-order valence-electron chi connectivity index (χ1n) is 19.6. The molecule has 0 radical (unpaired) electrons. The molecule has 0 bridgehead atoms. The van der Waals surface area contributed by atoms with Gasteiger partial charge >= 0.3 is 0 Å². The zero-order chi connectivity index (χ0) is 35.2. The second-order valence-corrected chi connectivity index (χ2v) is 14.5. The summed E-state index contributed by atoms with van der Waals surface area (Å²) < 4.78 is 57.0. The van der Waals surface area contributed by atoms with Crippen molar-refractivity contribution in [1.29, 1.82) is 0 Å². The summed E-state index contributed by atoms with van der Waals surface area (Å²) in [5.41, 5.74) is -0.103. The van der Waals surface area contributed by atoms with E-state index in [-0.39, 0.29) is 41.2 Å². The minimum absolute atomic E-state index is 0.0436. The number of hydrogen-bond donors (Lipinski definition) is 0. The van der Waals surface area contributed by atoms with E-state index in [0.717, 1.165) is 96.7 Å². The van der Waals surface area contributed by atoms with Crippen molar-refractivity contribution in [2.24, 2.45) is 0 Å². The molecule has 0 spiro atoms. The van der Waals surface area contributed by atoms with Crippen LogP contribution in [0.2, 0.25) is 0 Å². The van der Waals surface area contributed by atoms with Gasteiger partial charge in [0.15, 0.2) is 6.29 Å². The van der Waals surface area contributed by atoms with Gasteiger partial charge in [-0.15, -0.1) is 11.8 Å². The van der Waals surface area contributed by atoms with Gasteiger partial charge in [-0.25, -0.2) is 0 Å². The third-order valence-electron chi connectivity index (χ3n) is 8.46. The Balaban J connectivity index is 3.15. The van der Waals surface area contributed by atoms with Gasteiger partial charge < -0.3 is 42.6 Å². The molecule has 0 saturated carbocycles. The van der Waals surface area contributed by atoms with Crippen molar-refractivity contribution < 1.29 is 42.6 Å². The van der Waals surface area contributed by atoms with E-state index in [2.05, 4.69) is 48.5 Å². The summed E-state index contributed by atoms with van der Waals surface area (Å²) in [5.74, 6) is 0. The molecule has 0 aromatic carbocycles. The number of thioether (sulfide) groups is 1. The summed E-state index contributed by atoms with van der Waals surface area (Å²) in [6.45, 7) is 20.8. The zero-order valence-corrected chi connectivity index (χ0v) is 33.1. The molecule has 288 valence electrons. The Morgan fingerprint density at radius 3 is 1.75 bits per heavy atom. The van der Waals surface area contributed by atoms with Crippen LogP contribution in [-0.4, -0.2) is 114 Å². The van der Waals surface area contributed by atoms with Crippen LogP contribution in [0.4, 0.5) is 0 Å². The minimum Gasteiger partial charge on any atom is -0.379 e. The molecule has 0 aromatic heterocycles. The highest BCUT2D eigenvalue weighted by molar-refractivity contribution is 8.00. The second kappa shape index (κ2) is 31.7. The van der Waals surface area contributed by atoms with Gasteiger partial charge in [-0.2, -0.15) is 0 Å². The first-order chi connectivity index (χ1) is 23.5. The summed E-state index contributed by atoms with van der Waals surface area (Å²) in [5, 5.41) is 0.0436. The summed E-state index contributed by atoms with van der Waals surface area (Å²) in [7, 11) is 1.68. The van der Waals surface area contributed by atoms with Crippen molar-refractivity contribution in [2.75, 3.05) is 66.6 Å². The van der Waals surface area contributed by atoms with Gasteiger partial charge in [-0.1, -0.05) is 87.0 Å². The summed E-state index contributed by atoms with van der Waals surface area (Å²) >= 11 is 1.78. The van der Waals surface area contributed by atoms with E-state index in [1.807, 2.05) is 0 Å². The van der Waals surface area contributed by atoms with Crippen molar-refractivity contribution in [3.05, 3.63) is 0 Å². The molecule has 10 heteroatoms. The normalized spacial score (nSPS) is 22.5. The number of hydrogen-bond acceptors (Lipinski definition) is 10. The van der Waals surface area contributed by atoms with Crippen molar-refractivity contribution >= 4 is 11.8 Å². The molecule has 8 atom stereocenters. The van der Waals surface area contributed by atoms with Crippen LogP contribution in [0, 0.1) is 0 Å². The minimum atomic E-state index is -0.584. The van der Waals surface area contributed by atoms with Crippen LogP contribution >= 0.6 is 11.8 Å². The predicted octanol–water partition coefficient (Wildman–Crippen LogP) is 8.59. The Labute approximate surface area is 299 Å². The van der Waals surface area contributed by atoms with Gasteiger partial charge in [0.1, 0.15) is 23.7 Å². The van der Waals surface area contributed by atoms with Gasteiger partial charge in [0.05, 0.1) is 32.0 Å². The Morgan fingerprint density at radius 2 is 1.17 bits per heavy atom. The fourth-order valence-corrected chi connectivity index (χ4v) is 6.54. The van der Waals surface area contributed by atoms with E-state index < -0.39 is 6.29 Å². The lowest BCUT2D eigenvalue weighted by molar-refractivity contribution is -0.232. The molecule has 1 fully saturated rings. The topological polar surface area (TPSA) is 83.1 Å². The first-order valence-corrected chi connectivity index (χ1v) is 20.5. The van der Waals surface area contributed by atoms with Crippen LogP contribution in [0.1, 0.15) is 132 Å². The Hall–Kier alpha value is -0.0100. The highest BCUT2D eigenvalue weighted by Crippen LogP contribution is 2.35. The average molecular weight is 709 g/mol. The smallest absolute Gasteiger partial charge is 0.186 e. The van der Waals surface area contributed by atoms with E-state index >= 15 is 0 Å². The monoisotopic (exact) mass is 709 g/mol. The lowest BCUT2D eigenvalue weighted by atomic mass is 10.0. The molecule has 1 heterocycles. The largest absolute Gasteiger partial charge is 0.379 e. The lowest BCUT2D eigenvalue weighted by Crippen LogP contribution is -2.52. The molecule has 1 aliphatic heterocycles. The van der Waals surface area contributed by atoms with Gasteiger partial charge in [0.2, 0.25) is 0 Å². The third kappa shape index (κ3) is 20.7. The maximum atomic E-state index is 6.79. The molecular formula is C38H76O9S. The second-order valence-electron chi connectivity index (χ2n) is 13.0. The van der Waals surface area contributed by atoms with Crippen molar-refractivity contribution in [2.45, 2.75) is 179 Å². The summed E-state index contributed by atoms with van der Waals surface area (Å²) in [4.78, 5) is 0. The SMILES string of the molecule is CCCCOCC1O[C@@H](S[C@H](C)C(COCCCC)O[C@H](OC)[C@H](COCCCC)OCCCC)CC(OCCCC)[C@@H]1OCCCC. The summed E-state index contributed by atoms with van der Waals surface area (Å²) in [6.07, 6.45) is 11.7. The van der Waals surface area contributed by atoms with Crippen LogP contribution in [0.15, 0.2) is 0 Å². The number of methoxy groups -OCH3 is 1. The van der Waals surface area contributed by atoms with Crippen LogP contribution in [0.25, 0.3) is 0 Å². The first kappa shape index (κ1) is 46.0. The van der Waals surface area contributed by atoms with E-state index in [4.69, 9.17) is 42.6 Å². The van der Waals surface area contributed by atoms with Gasteiger partial charge in [0.25, 0.3) is 0 Å². The lowest BCUT2D eigenvalue weighted by Gasteiger charge is -2.42. The fraction of sp³-hybridized carbons (Fsp3) is 1.00. The van der Waals surface area contributed by atoms with Gasteiger partial charge in [0, 0.05) is 58.4 Å². The van der Waals surface area contributed by atoms with Crippen LogP contribution in [-0.2, 0) is 42.6 Å². The van der Waals surface area contributed by atoms with E-state index in [1.54, 1.807) is 18.9 Å². The molecule has 9 nitrogen and oxygen atoms in total. The molecule has 3 unspecified atom stereocenters. The standard InChI is InChI=1S/C38H76O9S/c1-9-15-21-40-28-33(47-38(39-8)35(44-25-19-13-5)30-42-23-17-11-3)31(7)48-36-27-32(43-24-18-12-4)37(45-26-20-14-6)34(46-36)29-41-22-16-10-2/h31-38H,9-30H2,1-8H3/t31-,32?,33?,34?,35+,36+,37+,38+/m1/s1. The molecule has 48 heavy (non-hydrogen) atoms. The highest BCUT2D eigenvalue weighted by atomic mass is 32.2. The van der Waals surface area contributed by atoms with Gasteiger partial charge in [-0.05, 0) is 38.5 Å². The Kier molecular flexibility index (Phi) is 30.4. The average Bonchev–Trinajstić information content (AvgIpc) is 3.08. The maximum absolute atomic E-state index is 6.79. The molecule has 1 saturated heterocycles. The van der Waals surface area contributed by atoms with Crippen LogP contribution in [0.3, 0.4) is 0 Å². The van der Waals surface area contributed by atoms with Crippen molar-refractivity contribution in [1.82, 2.24) is 0 Å². The zero-order valence-electron chi connectivity index (χ0n) is 32.3. The van der Waals surface area contributed by atoms with E-state index in [1.165, 1.54) is 0 Å². The molecule has 1 rings (SSSR count). The van der Waals surface area contributed by atoms with Crippen LogP contribution < -0.4 is 0 Å². The molecule has 0 amide bonds. The fourth-order valence-electron chi connectivity index (χ4n) is 5.23. The quantitative estimate of drug-likeness (QED) is 0.0479. The summed E-state index contributed by atoms with van der Waals surface area (Å²) in [6, 6.07) is 0. The van der Waals surface area contributed by atoms with Crippen molar-refractivity contribution in [3.63, 3.8) is 0 Å². The Morgan fingerprint density at radius 1 is 0.646 bits per heavy atom. The molecular weight excluding hydrogens is 632 g/mol. The number of rotatable bonds is 34. The highest BCUT2D eigenvalue weighted by Gasteiger charge is 2.42. The van der Waals surface area contributed by atoms with Gasteiger partial charge in [-0.3, -0.25) is 0 Å². The Bertz CT molecular complexity index is 691. The molecule has 1 aliphatic rings. The number of ether oxygens (including phenoxy) is 9. The predicted molar refractivity (Wildman–Crippen MR) is 197 cm³/mol. The van der Waals surface area contributed by atoms with E-state index in [9.17, 15) is 0 Å². The van der Waals surface area contributed by atoms with E-state index in [0.29, 0.717) is 46.2 Å². The van der Waals surface area contributed by atoms with Crippen LogP contribution in [0.5, 0.6) is 0 Å².